The van der Waals surface area contributed by atoms with Gasteiger partial charge in [-0.25, -0.2) is 4.98 Å². The van der Waals surface area contributed by atoms with Crippen molar-refractivity contribution >= 4 is 11.7 Å². The molecule has 0 saturated carbocycles. The Morgan fingerprint density at radius 3 is 2.62 bits per heavy atom. The molecule has 0 aromatic carbocycles. The zero-order valence-corrected chi connectivity index (χ0v) is 15.9. The van der Waals surface area contributed by atoms with Gasteiger partial charge >= 0.3 is 0 Å². The Balaban J connectivity index is 1.41. The molecule has 1 aliphatic heterocycles. The second-order valence-electron chi connectivity index (χ2n) is 7.24. The molecule has 0 unspecified atom stereocenters. The van der Waals surface area contributed by atoms with E-state index in [4.69, 9.17) is 4.42 Å². The Kier molecular flexibility index (Phi) is 5.93. The number of hydrogen-bond acceptors (Lipinski definition) is 5. The predicted octanol–water partition coefficient (Wildman–Crippen LogP) is 2.69. The van der Waals surface area contributed by atoms with Crippen LogP contribution in [-0.2, 0) is 6.54 Å². The first-order valence-electron chi connectivity index (χ1n) is 9.20. The maximum Gasteiger partial charge on any atom is 0.252 e. The highest BCUT2D eigenvalue weighted by molar-refractivity contribution is 5.94. The summed E-state index contributed by atoms with van der Waals surface area (Å²) in [5.74, 6) is 3.33. The summed E-state index contributed by atoms with van der Waals surface area (Å²) in [6.07, 6.45) is 3.83. The summed E-state index contributed by atoms with van der Waals surface area (Å²) in [4.78, 5) is 20.9. The number of aryl methyl sites for hydroxylation is 1. The molecule has 1 fully saturated rings. The zero-order chi connectivity index (χ0) is 18.5. The molecule has 2 aromatic heterocycles. The van der Waals surface area contributed by atoms with Gasteiger partial charge in [-0.2, -0.15) is 0 Å². The third-order valence-corrected chi connectivity index (χ3v) is 4.90. The minimum Gasteiger partial charge on any atom is -0.465 e. The van der Waals surface area contributed by atoms with Crippen LogP contribution in [0.2, 0.25) is 0 Å². The topological polar surface area (TPSA) is 61.6 Å². The SMILES string of the molecule is Cc1ccc(CN2CCC(CNC(=O)c3ccc(N(C)C)nc3)CC2)o1. The normalized spacial score (nSPS) is 15.8. The second-order valence-corrected chi connectivity index (χ2v) is 7.24. The maximum atomic E-state index is 12.3. The van der Waals surface area contributed by atoms with Crippen molar-refractivity contribution in [1.82, 2.24) is 15.2 Å². The van der Waals surface area contributed by atoms with E-state index in [0.29, 0.717) is 11.5 Å². The number of nitrogens with zero attached hydrogens (tertiary/aromatic N) is 3. The van der Waals surface area contributed by atoms with E-state index in [-0.39, 0.29) is 5.91 Å². The molecule has 1 saturated heterocycles. The number of carbonyl (C=O) groups is 1. The van der Waals surface area contributed by atoms with Crippen LogP contribution in [0.5, 0.6) is 0 Å². The number of carbonyl (C=O) groups excluding carboxylic acids is 1. The average molecular weight is 356 g/mol. The molecular formula is C20H28N4O2. The van der Waals surface area contributed by atoms with Gasteiger partial charge in [0.25, 0.3) is 5.91 Å². The van der Waals surface area contributed by atoms with Crippen molar-refractivity contribution in [3.05, 3.63) is 47.5 Å². The molecule has 2 aromatic rings. The van der Waals surface area contributed by atoms with Gasteiger partial charge in [-0.3, -0.25) is 9.69 Å². The number of rotatable bonds is 6. The molecule has 140 valence electrons. The minimum absolute atomic E-state index is 0.0451. The third-order valence-electron chi connectivity index (χ3n) is 4.90. The standard InChI is InChI=1S/C20H28N4O2/c1-15-4-6-18(26-15)14-24-10-8-16(9-11-24)12-22-20(25)17-5-7-19(21-13-17)23(2)3/h4-7,13,16H,8-12,14H2,1-3H3,(H,22,25). The first-order valence-corrected chi connectivity index (χ1v) is 9.20. The van der Waals surface area contributed by atoms with Crippen molar-refractivity contribution in [1.29, 1.82) is 0 Å². The van der Waals surface area contributed by atoms with Gasteiger partial charge in [0.15, 0.2) is 0 Å². The molecule has 3 heterocycles. The summed E-state index contributed by atoms with van der Waals surface area (Å²) in [5, 5.41) is 3.06. The van der Waals surface area contributed by atoms with E-state index < -0.39 is 0 Å². The van der Waals surface area contributed by atoms with Gasteiger partial charge in [0.1, 0.15) is 17.3 Å². The fraction of sp³-hybridized carbons (Fsp3) is 0.500. The second kappa shape index (κ2) is 8.36. The van der Waals surface area contributed by atoms with Crippen LogP contribution in [0.1, 0.15) is 34.7 Å². The van der Waals surface area contributed by atoms with Gasteiger partial charge < -0.3 is 14.6 Å². The lowest BCUT2D eigenvalue weighted by Crippen LogP contribution is -2.38. The Morgan fingerprint density at radius 1 is 1.27 bits per heavy atom. The van der Waals surface area contributed by atoms with Crippen LogP contribution >= 0.6 is 0 Å². The monoisotopic (exact) mass is 356 g/mol. The van der Waals surface area contributed by atoms with E-state index >= 15 is 0 Å². The van der Waals surface area contributed by atoms with Crippen LogP contribution < -0.4 is 10.2 Å². The van der Waals surface area contributed by atoms with E-state index in [1.165, 1.54) is 0 Å². The summed E-state index contributed by atoms with van der Waals surface area (Å²) >= 11 is 0. The van der Waals surface area contributed by atoms with Crippen molar-refractivity contribution < 1.29 is 9.21 Å². The minimum atomic E-state index is -0.0451. The maximum absolute atomic E-state index is 12.3. The van der Waals surface area contributed by atoms with Crippen molar-refractivity contribution in [3.63, 3.8) is 0 Å². The third kappa shape index (κ3) is 4.85. The van der Waals surface area contributed by atoms with E-state index in [1.807, 2.05) is 44.1 Å². The van der Waals surface area contributed by atoms with Crippen molar-refractivity contribution in [2.24, 2.45) is 5.92 Å². The molecule has 0 atom stereocenters. The summed E-state index contributed by atoms with van der Waals surface area (Å²) in [5.41, 5.74) is 0.612. The number of piperidine rings is 1. The van der Waals surface area contributed by atoms with E-state index in [0.717, 1.165) is 56.4 Å². The fourth-order valence-electron chi connectivity index (χ4n) is 3.26. The average Bonchev–Trinajstić information content (AvgIpc) is 3.05. The number of pyridine rings is 1. The number of likely N-dealkylation sites (tertiary alicyclic amines) is 1. The molecule has 0 spiro atoms. The van der Waals surface area contributed by atoms with Crippen molar-refractivity contribution in [2.75, 3.05) is 38.6 Å². The van der Waals surface area contributed by atoms with E-state index in [1.54, 1.807) is 6.20 Å². The molecule has 3 rings (SSSR count). The molecule has 0 aliphatic carbocycles. The molecule has 26 heavy (non-hydrogen) atoms. The van der Waals surface area contributed by atoms with Gasteiger partial charge in [0, 0.05) is 26.8 Å². The van der Waals surface area contributed by atoms with Crippen LogP contribution in [0.25, 0.3) is 0 Å². The smallest absolute Gasteiger partial charge is 0.252 e. The summed E-state index contributed by atoms with van der Waals surface area (Å²) in [6.45, 7) is 5.65. The van der Waals surface area contributed by atoms with Crippen molar-refractivity contribution in [2.45, 2.75) is 26.3 Å². The van der Waals surface area contributed by atoms with Gasteiger partial charge in [0.2, 0.25) is 0 Å². The molecular weight excluding hydrogens is 328 g/mol. The lowest BCUT2D eigenvalue weighted by Gasteiger charge is -2.31. The van der Waals surface area contributed by atoms with Gasteiger partial charge in [-0.1, -0.05) is 0 Å². The van der Waals surface area contributed by atoms with Crippen molar-refractivity contribution in [3.8, 4) is 0 Å². The zero-order valence-electron chi connectivity index (χ0n) is 15.9. The Bertz CT molecular complexity index is 716. The van der Waals surface area contributed by atoms with Crippen LogP contribution in [-0.4, -0.2) is 49.5 Å². The van der Waals surface area contributed by atoms with Crippen LogP contribution in [0.15, 0.2) is 34.9 Å². The Hall–Kier alpha value is -2.34. The van der Waals surface area contributed by atoms with E-state index in [2.05, 4.69) is 21.3 Å². The number of nitrogens with one attached hydrogen (secondary N) is 1. The Morgan fingerprint density at radius 2 is 2.04 bits per heavy atom. The molecule has 0 radical (unpaired) electrons. The largest absolute Gasteiger partial charge is 0.465 e. The molecule has 0 bridgehead atoms. The number of furan rings is 1. The number of amides is 1. The lowest BCUT2D eigenvalue weighted by molar-refractivity contribution is 0.0934. The summed E-state index contributed by atoms with van der Waals surface area (Å²) in [7, 11) is 3.86. The molecule has 1 aliphatic rings. The Labute approximate surface area is 155 Å². The molecule has 6 nitrogen and oxygen atoms in total. The molecule has 6 heteroatoms. The van der Waals surface area contributed by atoms with Gasteiger partial charge in [-0.05, 0) is 63.0 Å². The lowest BCUT2D eigenvalue weighted by atomic mass is 9.96. The van der Waals surface area contributed by atoms with Crippen LogP contribution in [0.3, 0.4) is 0 Å². The number of anilines is 1. The number of hydrogen-bond donors (Lipinski definition) is 1. The predicted molar refractivity (Wildman–Crippen MR) is 102 cm³/mol. The molecule has 1 amide bonds. The first-order chi connectivity index (χ1) is 12.5. The van der Waals surface area contributed by atoms with Gasteiger partial charge in [-0.15, -0.1) is 0 Å². The highest BCUT2D eigenvalue weighted by atomic mass is 16.3. The highest BCUT2D eigenvalue weighted by Crippen LogP contribution is 2.19. The number of aromatic nitrogens is 1. The van der Waals surface area contributed by atoms with E-state index in [9.17, 15) is 4.79 Å². The van der Waals surface area contributed by atoms with Crippen LogP contribution in [0.4, 0.5) is 5.82 Å². The highest BCUT2D eigenvalue weighted by Gasteiger charge is 2.20. The molecule has 1 N–H and O–H groups in total. The first kappa shape index (κ1) is 18.5. The summed E-state index contributed by atoms with van der Waals surface area (Å²) < 4.78 is 5.66. The summed E-state index contributed by atoms with van der Waals surface area (Å²) in [6, 6.07) is 7.75. The fourth-order valence-corrected chi connectivity index (χ4v) is 3.26. The van der Waals surface area contributed by atoms with Crippen LogP contribution in [0, 0.1) is 12.8 Å². The quantitative estimate of drug-likeness (QED) is 0.862. The van der Waals surface area contributed by atoms with Gasteiger partial charge in [0.05, 0.1) is 12.1 Å².